The van der Waals surface area contributed by atoms with E-state index in [4.69, 9.17) is 9.47 Å². The number of hydrogen-bond acceptors (Lipinski definition) is 6. The van der Waals surface area contributed by atoms with E-state index in [-0.39, 0.29) is 6.61 Å². The lowest BCUT2D eigenvalue weighted by Gasteiger charge is -2.30. The zero-order valence-electron chi connectivity index (χ0n) is 18.9. The van der Waals surface area contributed by atoms with Gasteiger partial charge in [-0.3, -0.25) is 20.2 Å². The zero-order chi connectivity index (χ0) is 24.6. The van der Waals surface area contributed by atoms with Crippen LogP contribution in [-0.4, -0.2) is 30.0 Å². The number of aliphatic carboxylic acids is 1. The molecule has 2 heterocycles. The van der Waals surface area contributed by atoms with Gasteiger partial charge in [-0.25, -0.2) is 4.79 Å². The first-order valence-corrected chi connectivity index (χ1v) is 11.2. The Labute approximate surface area is 201 Å². The third kappa shape index (κ3) is 3.63. The van der Waals surface area contributed by atoms with E-state index in [0.29, 0.717) is 22.6 Å². The summed E-state index contributed by atoms with van der Waals surface area (Å²) in [5.74, 6) is -3.64. The highest BCUT2D eigenvalue weighted by atomic mass is 16.5. The molecule has 0 saturated carbocycles. The summed E-state index contributed by atoms with van der Waals surface area (Å²) in [6, 6.07) is 22.5. The fourth-order valence-electron chi connectivity index (χ4n) is 5.21. The van der Waals surface area contributed by atoms with Gasteiger partial charge >= 0.3 is 5.97 Å². The Morgan fingerprint density at radius 1 is 0.943 bits per heavy atom. The van der Waals surface area contributed by atoms with Crippen molar-refractivity contribution in [3.05, 3.63) is 95.6 Å². The molecule has 2 aliphatic heterocycles. The first kappa shape index (κ1) is 22.6. The summed E-state index contributed by atoms with van der Waals surface area (Å²) in [5, 5.41) is 16.0. The van der Waals surface area contributed by atoms with E-state index in [1.165, 1.54) is 7.11 Å². The van der Waals surface area contributed by atoms with E-state index in [1.54, 1.807) is 48.5 Å². The van der Waals surface area contributed by atoms with Gasteiger partial charge in [0.25, 0.3) is 0 Å². The third-order valence-electron chi connectivity index (χ3n) is 6.76. The monoisotopic (exact) mass is 472 g/mol. The molecule has 2 fully saturated rings. The summed E-state index contributed by atoms with van der Waals surface area (Å²) in [5.41, 5.74) is 0.0651. The van der Waals surface area contributed by atoms with Crippen LogP contribution in [0.15, 0.2) is 78.9 Å². The van der Waals surface area contributed by atoms with Crippen LogP contribution in [-0.2, 0) is 26.5 Å². The normalized spacial score (nSPS) is 25.1. The molecule has 0 aromatic heterocycles. The molecule has 2 aliphatic rings. The molecule has 4 unspecified atom stereocenters. The number of carboxylic acid groups (broad SMARTS) is 1. The van der Waals surface area contributed by atoms with Crippen LogP contribution in [0.25, 0.3) is 0 Å². The number of carbonyl (C=O) groups excluding carboxylic acids is 2. The van der Waals surface area contributed by atoms with Gasteiger partial charge in [-0.2, -0.15) is 0 Å². The first-order chi connectivity index (χ1) is 17.0. The van der Waals surface area contributed by atoms with Gasteiger partial charge in [-0.15, -0.1) is 0 Å². The number of ether oxygens (including phenoxy) is 2. The highest BCUT2D eigenvalue weighted by Crippen LogP contribution is 2.53. The van der Waals surface area contributed by atoms with Crippen LogP contribution < -0.4 is 20.1 Å². The average Bonchev–Trinajstić information content (AvgIpc) is 3.40. The standard InChI is InChI=1S/C27H24N2O6/c1-34-19-14-8-13-18(23(19)35-15-16-9-4-2-5-10-16)22-20-21(25(31)28-24(20)30)27(29-22,26(32)33)17-11-6-3-7-12-17/h2-14,20-22,29H,15H2,1H3,(H,32,33)(H,28,30,31). The number of hydrogen-bond donors (Lipinski definition) is 3. The fraction of sp³-hybridized carbons (Fsp3) is 0.222. The SMILES string of the molecule is COc1cccc(C2NC(C(=O)O)(c3ccccc3)C3C(=O)NC(=O)C23)c1OCc1ccccc1. The smallest absolute Gasteiger partial charge is 0.329 e. The summed E-state index contributed by atoms with van der Waals surface area (Å²) < 4.78 is 11.7. The van der Waals surface area contributed by atoms with E-state index < -0.39 is 41.2 Å². The summed E-state index contributed by atoms with van der Waals surface area (Å²) >= 11 is 0. The summed E-state index contributed by atoms with van der Waals surface area (Å²) in [6.45, 7) is 0.239. The molecule has 8 nitrogen and oxygen atoms in total. The zero-order valence-corrected chi connectivity index (χ0v) is 18.9. The molecule has 35 heavy (non-hydrogen) atoms. The maximum Gasteiger partial charge on any atom is 0.329 e. The van der Waals surface area contributed by atoms with E-state index in [0.717, 1.165) is 5.56 Å². The maximum atomic E-state index is 13.0. The van der Waals surface area contributed by atoms with Crippen molar-refractivity contribution in [3.8, 4) is 11.5 Å². The number of fused-ring (bicyclic) bond motifs is 1. The predicted molar refractivity (Wildman–Crippen MR) is 126 cm³/mol. The van der Waals surface area contributed by atoms with Crippen LogP contribution in [0.3, 0.4) is 0 Å². The number of para-hydroxylation sites is 1. The van der Waals surface area contributed by atoms with Crippen LogP contribution >= 0.6 is 0 Å². The second kappa shape index (κ2) is 8.88. The second-order valence-electron chi connectivity index (χ2n) is 8.61. The van der Waals surface area contributed by atoms with Gasteiger partial charge in [0.1, 0.15) is 6.61 Å². The number of rotatable bonds is 7. The molecule has 0 spiro atoms. The number of imide groups is 1. The maximum absolute atomic E-state index is 13.0. The molecule has 4 atom stereocenters. The van der Waals surface area contributed by atoms with Crippen LogP contribution in [0.1, 0.15) is 22.7 Å². The van der Waals surface area contributed by atoms with Crippen molar-refractivity contribution >= 4 is 17.8 Å². The predicted octanol–water partition coefficient (Wildman–Crippen LogP) is 2.79. The molecule has 0 aliphatic carbocycles. The third-order valence-corrected chi connectivity index (χ3v) is 6.76. The van der Waals surface area contributed by atoms with Crippen LogP contribution in [0.2, 0.25) is 0 Å². The number of benzene rings is 3. The van der Waals surface area contributed by atoms with Crippen molar-refractivity contribution in [2.75, 3.05) is 7.11 Å². The van der Waals surface area contributed by atoms with Crippen LogP contribution in [0.4, 0.5) is 0 Å². The van der Waals surface area contributed by atoms with Crippen LogP contribution in [0, 0.1) is 11.8 Å². The minimum absolute atomic E-state index is 0.239. The molecule has 178 valence electrons. The number of nitrogens with one attached hydrogen (secondary N) is 2. The molecule has 5 rings (SSSR count). The van der Waals surface area contributed by atoms with E-state index >= 15 is 0 Å². The molecule has 2 saturated heterocycles. The van der Waals surface area contributed by atoms with Gasteiger partial charge in [-0.1, -0.05) is 72.8 Å². The largest absolute Gasteiger partial charge is 0.493 e. The van der Waals surface area contributed by atoms with Gasteiger partial charge in [0.15, 0.2) is 17.0 Å². The Balaban J connectivity index is 1.63. The first-order valence-electron chi connectivity index (χ1n) is 11.2. The van der Waals surface area contributed by atoms with E-state index in [1.807, 2.05) is 30.3 Å². The summed E-state index contributed by atoms with van der Waals surface area (Å²) in [6.07, 6.45) is 0. The molecule has 3 N–H and O–H groups in total. The minimum Gasteiger partial charge on any atom is -0.493 e. The average molecular weight is 472 g/mol. The number of methoxy groups -OCH3 is 1. The Morgan fingerprint density at radius 3 is 2.29 bits per heavy atom. The summed E-state index contributed by atoms with van der Waals surface area (Å²) in [4.78, 5) is 38.8. The van der Waals surface area contributed by atoms with Crippen molar-refractivity contribution < 1.29 is 29.0 Å². The second-order valence-corrected chi connectivity index (χ2v) is 8.61. The molecule has 0 radical (unpaired) electrons. The Hall–Kier alpha value is -4.17. The number of amides is 2. The minimum atomic E-state index is -1.80. The van der Waals surface area contributed by atoms with Gasteiger partial charge in [-0.05, 0) is 17.2 Å². The molecular weight excluding hydrogens is 448 g/mol. The molecular formula is C27H24N2O6. The fourth-order valence-corrected chi connectivity index (χ4v) is 5.21. The Kier molecular flexibility index (Phi) is 5.74. The van der Waals surface area contributed by atoms with Gasteiger partial charge in [0.2, 0.25) is 11.8 Å². The molecule has 0 bridgehead atoms. The highest BCUT2D eigenvalue weighted by Gasteiger charge is 2.67. The van der Waals surface area contributed by atoms with Crippen molar-refractivity contribution in [1.29, 1.82) is 0 Å². The highest BCUT2D eigenvalue weighted by molar-refractivity contribution is 6.09. The quantitative estimate of drug-likeness (QED) is 0.453. The Morgan fingerprint density at radius 2 is 1.63 bits per heavy atom. The lowest BCUT2D eigenvalue weighted by molar-refractivity contribution is -0.149. The molecule has 2 amide bonds. The van der Waals surface area contributed by atoms with Crippen LogP contribution in [0.5, 0.6) is 11.5 Å². The topological polar surface area (TPSA) is 114 Å². The Bertz CT molecular complexity index is 1280. The molecule has 3 aromatic carbocycles. The van der Waals surface area contributed by atoms with Crippen molar-refractivity contribution in [1.82, 2.24) is 10.6 Å². The van der Waals surface area contributed by atoms with E-state index in [2.05, 4.69) is 10.6 Å². The van der Waals surface area contributed by atoms with Gasteiger partial charge < -0.3 is 14.6 Å². The van der Waals surface area contributed by atoms with Crippen molar-refractivity contribution in [2.24, 2.45) is 11.8 Å². The number of carboxylic acids is 1. The van der Waals surface area contributed by atoms with E-state index in [9.17, 15) is 19.5 Å². The van der Waals surface area contributed by atoms with Gasteiger partial charge in [0, 0.05) is 11.6 Å². The number of carbonyl (C=O) groups is 3. The molecule has 3 aromatic rings. The lowest BCUT2D eigenvalue weighted by atomic mass is 9.75. The lowest BCUT2D eigenvalue weighted by Crippen LogP contribution is -2.52. The van der Waals surface area contributed by atoms with Gasteiger partial charge in [0.05, 0.1) is 18.9 Å². The van der Waals surface area contributed by atoms with Crippen molar-refractivity contribution in [2.45, 2.75) is 18.2 Å². The van der Waals surface area contributed by atoms with Crippen molar-refractivity contribution in [3.63, 3.8) is 0 Å². The molecule has 8 heteroatoms. The summed E-state index contributed by atoms with van der Waals surface area (Å²) in [7, 11) is 1.51.